The fourth-order valence-corrected chi connectivity index (χ4v) is 2.12. The van der Waals surface area contributed by atoms with Gasteiger partial charge in [-0.25, -0.2) is 4.98 Å². The molecule has 0 atom stereocenters. The number of nitrogens with zero attached hydrogens (tertiary/aromatic N) is 1. The molecule has 0 spiro atoms. The third-order valence-corrected chi connectivity index (χ3v) is 3.15. The minimum atomic E-state index is -0.431. The first-order valence-corrected chi connectivity index (χ1v) is 6.04. The lowest BCUT2D eigenvalue weighted by Gasteiger charge is -2.04. The summed E-state index contributed by atoms with van der Waals surface area (Å²) in [6, 6.07) is 4.30. The molecule has 0 saturated heterocycles. The number of halogens is 1. The number of phenols is 1. The average molecular weight is 269 g/mol. The van der Waals surface area contributed by atoms with Crippen molar-refractivity contribution in [1.82, 2.24) is 4.98 Å². The SMILES string of the molecule is Cc1csc(NC(=O)c2cc(Cl)ccc2O)n1. The van der Waals surface area contributed by atoms with E-state index in [2.05, 4.69) is 10.3 Å². The molecule has 6 heteroatoms. The molecule has 0 unspecified atom stereocenters. The summed E-state index contributed by atoms with van der Waals surface area (Å²) in [4.78, 5) is 15.9. The second-order valence-corrected chi connectivity index (χ2v) is 4.70. The molecular weight excluding hydrogens is 260 g/mol. The lowest BCUT2D eigenvalue weighted by atomic mass is 10.2. The summed E-state index contributed by atoms with van der Waals surface area (Å²) in [5, 5.41) is 14.9. The number of hydrogen-bond donors (Lipinski definition) is 2. The number of aromatic nitrogens is 1. The predicted molar refractivity (Wildman–Crippen MR) is 67.9 cm³/mol. The topological polar surface area (TPSA) is 62.2 Å². The smallest absolute Gasteiger partial charge is 0.261 e. The highest BCUT2D eigenvalue weighted by Gasteiger charge is 2.13. The van der Waals surface area contributed by atoms with E-state index in [0.29, 0.717) is 10.2 Å². The van der Waals surface area contributed by atoms with E-state index in [1.54, 1.807) is 0 Å². The number of nitrogens with one attached hydrogen (secondary N) is 1. The maximum atomic E-state index is 11.8. The maximum Gasteiger partial charge on any atom is 0.261 e. The number of aryl methyl sites for hydroxylation is 1. The van der Waals surface area contributed by atoms with E-state index in [9.17, 15) is 9.90 Å². The van der Waals surface area contributed by atoms with Crippen molar-refractivity contribution in [2.75, 3.05) is 5.32 Å². The fraction of sp³-hybridized carbons (Fsp3) is 0.0909. The van der Waals surface area contributed by atoms with Gasteiger partial charge in [-0.1, -0.05) is 11.6 Å². The molecule has 0 saturated carbocycles. The number of anilines is 1. The van der Waals surface area contributed by atoms with Crippen molar-refractivity contribution in [2.45, 2.75) is 6.92 Å². The highest BCUT2D eigenvalue weighted by molar-refractivity contribution is 7.13. The second-order valence-electron chi connectivity index (χ2n) is 3.41. The Morgan fingerprint density at radius 1 is 1.53 bits per heavy atom. The predicted octanol–water partition coefficient (Wildman–Crippen LogP) is 3.06. The zero-order chi connectivity index (χ0) is 12.4. The number of carbonyl (C=O) groups is 1. The molecule has 2 rings (SSSR count). The van der Waals surface area contributed by atoms with Gasteiger partial charge in [0.25, 0.3) is 5.91 Å². The number of aromatic hydroxyl groups is 1. The first kappa shape index (κ1) is 11.9. The van der Waals surface area contributed by atoms with Gasteiger partial charge >= 0.3 is 0 Å². The Morgan fingerprint density at radius 3 is 2.94 bits per heavy atom. The Kier molecular flexibility index (Phi) is 3.31. The van der Waals surface area contributed by atoms with Crippen LogP contribution in [0, 0.1) is 6.92 Å². The first-order chi connectivity index (χ1) is 8.06. The van der Waals surface area contributed by atoms with Gasteiger partial charge in [0.2, 0.25) is 0 Å². The molecule has 2 aromatic rings. The molecule has 0 radical (unpaired) electrons. The molecule has 4 nitrogen and oxygen atoms in total. The number of thiazole rings is 1. The van der Waals surface area contributed by atoms with Gasteiger partial charge < -0.3 is 5.11 Å². The van der Waals surface area contributed by atoms with E-state index < -0.39 is 5.91 Å². The lowest BCUT2D eigenvalue weighted by molar-refractivity contribution is 0.102. The van der Waals surface area contributed by atoms with Gasteiger partial charge in [-0.3, -0.25) is 10.1 Å². The third kappa shape index (κ3) is 2.75. The van der Waals surface area contributed by atoms with E-state index in [4.69, 9.17) is 11.6 Å². The van der Waals surface area contributed by atoms with Gasteiger partial charge in [0, 0.05) is 10.4 Å². The van der Waals surface area contributed by atoms with Crippen molar-refractivity contribution < 1.29 is 9.90 Å². The number of rotatable bonds is 2. The van der Waals surface area contributed by atoms with Crippen LogP contribution in [-0.2, 0) is 0 Å². The Labute approximate surface area is 107 Å². The highest BCUT2D eigenvalue weighted by Crippen LogP contribution is 2.23. The molecule has 2 N–H and O–H groups in total. The molecule has 1 aromatic carbocycles. The van der Waals surface area contributed by atoms with Crippen LogP contribution in [-0.4, -0.2) is 16.0 Å². The van der Waals surface area contributed by atoms with Crippen molar-refractivity contribution in [3.05, 3.63) is 39.9 Å². The molecule has 0 aliphatic heterocycles. The highest BCUT2D eigenvalue weighted by atomic mass is 35.5. The molecule has 0 aliphatic carbocycles. The Morgan fingerprint density at radius 2 is 2.29 bits per heavy atom. The summed E-state index contributed by atoms with van der Waals surface area (Å²) < 4.78 is 0. The summed E-state index contributed by atoms with van der Waals surface area (Å²) in [6.07, 6.45) is 0. The van der Waals surface area contributed by atoms with Gasteiger partial charge in [-0.05, 0) is 25.1 Å². The number of hydrogen-bond acceptors (Lipinski definition) is 4. The summed E-state index contributed by atoms with van der Waals surface area (Å²) in [5.41, 5.74) is 0.964. The van der Waals surface area contributed by atoms with Crippen LogP contribution in [0.2, 0.25) is 5.02 Å². The van der Waals surface area contributed by atoms with Gasteiger partial charge in [0.1, 0.15) is 5.75 Å². The first-order valence-electron chi connectivity index (χ1n) is 4.78. The molecule has 17 heavy (non-hydrogen) atoms. The van der Waals surface area contributed by atoms with Crippen LogP contribution in [0.3, 0.4) is 0 Å². The summed E-state index contributed by atoms with van der Waals surface area (Å²) in [6.45, 7) is 1.84. The van der Waals surface area contributed by atoms with Crippen molar-refractivity contribution in [1.29, 1.82) is 0 Å². The van der Waals surface area contributed by atoms with E-state index in [1.807, 2.05) is 12.3 Å². The van der Waals surface area contributed by atoms with Crippen molar-refractivity contribution in [3.8, 4) is 5.75 Å². The number of benzene rings is 1. The molecule has 1 amide bonds. The minimum absolute atomic E-state index is 0.111. The molecular formula is C11H9ClN2O2S. The minimum Gasteiger partial charge on any atom is -0.507 e. The summed E-state index contributed by atoms with van der Waals surface area (Å²) >= 11 is 7.09. The summed E-state index contributed by atoms with van der Waals surface area (Å²) in [7, 11) is 0. The van der Waals surface area contributed by atoms with Crippen molar-refractivity contribution in [2.24, 2.45) is 0 Å². The van der Waals surface area contributed by atoms with Gasteiger partial charge in [-0.15, -0.1) is 11.3 Å². The van der Waals surface area contributed by atoms with Gasteiger partial charge in [0.05, 0.1) is 11.3 Å². The number of amides is 1. The van der Waals surface area contributed by atoms with Crippen LogP contribution in [0.1, 0.15) is 16.1 Å². The quantitative estimate of drug-likeness (QED) is 0.880. The molecule has 0 bridgehead atoms. The Bertz CT molecular complexity index is 568. The molecule has 0 aliphatic rings. The van der Waals surface area contributed by atoms with E-state index in [1.165, 1.54) is 29.5 Å². The largest absolute Gasteiger partial charge is 0.507 e. The van der Waals surface area contributed by atoms with Crippen molar-refractivity contribution >= 4 is 34.0 Å². The van der Waals surface area contributed by atoms with Crippen LogP contribution in [0.25, 0.3) is 0 Å². The molecule has 1 heterocycles. The van der Waals surface area contributed by atoms with Gasteiger partial charge in [0.15, 0.2) is 5.13 Å². The van der Waals surface area contributed by atoms with Crippen LogP contribution in [0.15, 0.2) is 23.6 Å². The standard InChI is InChI=1S/C11H9ClN2O2S/c1-6-5-17-11(13-6)14-10(16)8-4-7(12)2-3-9(8)15/h2-5,15H,1H3,(H,13,14,16). The van der Waals surface area contributed by atoms with E-state index >= 15 is 0 Å². The molecule has 1 aromatic heterocycles. The zero-order valence-electron chi connectivity index (χ0n) is 8.90. The van der Waals surface area contributed by atoms with Crippen LogP contribution < -0.4 is 5.32 Å². The van der Waals surface area contributed by atoms with Crippen LogP contribution in [0.4, 0.5) is 5.13 Å². The number of carbonyl (C=O) groups excluding carboxylic acids is 1. The Hall–Kier alpha value is -1.59. The monoisotopic (exact) mass is 268 g/mol. The lowest BCUT2D eigenvalue weighted by Crippen LogP contribution is -2.11. The normalized spacial score (nSPS) is 10.2. The third-order valence-electron chi connectivity index (χ3n) is 2.04. The van der Waals surface area contributed by atoms with Crippen molar-refractivity contribution in [3.63, 3.8) is 0 Å². The van der Waals surface area contributed by atoms with E-state index in [-0.39, 0.29) is 11.3 Å². The fourth-order valence-electron chi connectivity index (χ4n) is 1.27. The van der Waals surface area contributed by atoms with E-state index in [0.717, 1.165) is 5.69 Å². The zero-order valence-corrected chi connectivity index (χ0v) is 10.5. The average Bonchev–Trinajstić information content (AvgIpc) is 2.67. The molecule has 88 valence electrons. The van der Waals surface area contributed by atoms with Crippen LogP contribution >= 0.6 is 22.9 Å². The summed E-state index contributed by atoms with van der Waals surface area (Å²) in [5.74, 6) is -0.542. The maximum absolute atomic E-state index is 11.8. The number of phenolic OH excluding ortho intramolecular Hbond substituents is 1. The second kappa shape index (κ2) is 4.73. The molecule has 0 fully saturated rings. The Balaban J connectivity index is 2.22. The van der Waals surface area contributed by atoms with Gasteiger partial charge in [-0.2, -0.15) is 0 Å². The van der Waals surface area contributed by atoms with Crippen LogP contribution in [0.5, 0.6) is 5.75 Å².